The second-order valence-corrected chi connectivity index (χ2v) is 3.40. The zero-order valence-electron chi connectivity index (χ0n) is 8.47. The lowest BCUT2D eigenvalue weighted by Crippen LogP contribution is -2.27. The highest BCUT2D eigenvalue weighted by Gasteiger charge is 2.04. The Kier molecular flexibility index (Phi) is 3.64. The molecule has 0 aliphatic rings. The zero-order chi connectivity index (χ0) is 10.6. The lowest BCUT2D eigenvalue weighted by Gasteiger charge is -2.12. The van der Waals surface area contributed by atoms with E-state index < -0.39 is 5.97 Å². The Morgan fingerprint density at radius 3 is 2.93 bits per heavy atom. The molecule has 0 fully saturated rings. The van der Waals surface area contributed by atoms with Crippen LogP contribution in [0.15, 0.2) is 12.4 Å². The van der Waals surface area contributed by atoms with Gasteiger partial charge in [0.15, 0.2) is 0 Å². The van der Waals surface area contributed by atoms with Gasteiger partial charge in [0.25, 0.3) is 0 Å². The van der Waals surface area contributed by atoms with Gasteiger partial charge in [0.2, 0.25) is 0 Å². The molecule has 5 nitrogen and oxygen atoms in total. The molecule has 1 N–H and O–H groups in total. The molecule has 78 valence electrons. The number of aryl methyl sites for hydroxylation is 1. The third kappa shape index (κ3) is 3.57. The van der Waals surface area contributed by atoms with Gasteiger partial charge in [-0.25, -0.2) is 0 Å². The van der Waals surface area contributed by atoms with Gasteiger partial charge in [0, 0.05) is 19.8 Å². The van der Waals surface area contributed by atoms with Crippen molar-refractivity contribution in [2.75, 3.05) is 20.1 Å². The summed E-state index contributed by atoms with van der Waals surface area (Å²) in [5, 5.41) is 12.6. The zero-order valence-corrected chi connectivity index (χ0v) is 8.47. The van der Waals surface area contributed by atoms with Crippen molar-refractivity contribution in [3.8, 4) is 0 Å². The average Bonchev–Trinajstić information content (AvgIpc) is 2.47. The van der Waals surface area contributed by atoms with Crippen molar-refractivity contribution in [3.05, 3.63) is 18.0 Å². The summed E-state index contributed by atoms with van der Waals surface area (Å²) in [7, 11) is 3.66. The van der Waals surface area contributed by atoms with E-state index in [0.29, 0.717) is 0 Å². The van der Waals surface area contributed by atoms with Crippen molar-refractivity contribution in [1.29, 1.82) is 0 Å². The molecular weight excluding hydrogens is 182 g/mol. The molecule has 1 aromatic rings. The fourth-order valence-electron chi connectivity index (χ4n) is 1.23. The Bertz CT molecular complexity index is 309. The molecule has 0 aliphatic carbocycles. The lowest BCUT2D eigenvalue weighted by molar-refractivity contribution is -0.137. The molecule has 0 bridgehead atoms. The normalized spacial score (nSPS) is 10.8. The highest BCUT2D eigenvalue weighted by Crippen LogP contribution is 1.98. The second kappa shape index (κ2) is 4.76. The maximum absolute atomic E-state index is 10.4. The van der Waals surface area contributed by atoms with Crippen LogP contribution in [-0.4, -0.2) is 45.9 Å². The number of hydrogen-bond donors (Lipinski definition) is 1. The summed E-state index contributed by atoms with van der Waals surface area (Å²) in [6, 6.07) is 0. The van der Waals surface area contributed by atoms with Crippen molar-refractivity contribution in [2.24, 2.45) is 7.05 Å². The van der Waals surface area contributed by atoms with Gasteiger partial charge >= 0.3 is 5.97 Å². The minimum absolute atomic E-state index is 0.0836. The van der Waals surface area contributed by atoms with E-state index in [2.05, 4.69) is 5.10 Å². The number of carboxylic acid groups (broad SMARTS) is 1. The molecule has 5 heteroatoms. The first kappa shape index (κ1) is 10.7. The fourth-order valence-corrected chi connectivity index (χ4v) is 1.23. The molecule has 1 aromatic heterocycles. The number of rotatable bonds is 5. The van der Waals surface area contributed by atoms with Gasteiger partial charge in [0.1, 0.15) is 0 Å². The molecule has 0 radical (unpaired) electrons. The van der Waals surface area contributed by atoms with Gasteiger partial charge in [-0.05, 0) is 19.0 Å². The summed E-state index contributed by atoms with van der Waals surface area (Å²) >= 11 is 0. The van der Waals surface area contributed by atoms with Gasteiger partial charge in [-0.3, -0.25) is 14.4 Å². The topological polar surface area (TPSA) is 58.4 Å². The monoisotopic (exact) mass is 197 g/mol. The van der Waals surface area contributed by atoms with E-state index in [1.807, 2.05) is 13.2 Å². The van der Waals surface area contributed by atoms with E-state index in [0.717, 1.165) is 18.5 Å². The summed E-state index contributed by atoms with van der Waals surface area (Å²) in [5.41, 5.74) is 1.13. The highest BCUT2D eigenvalue weighted by molar-refractivity contribution is 5.68. The summed E-state index contributed by atoms with van der Waals surface area (Å²) in [4.78, 5) is 12.1. The molecule has 0 spiro atoms. The van der Waals surface area contributed by atoms with E-state index in [1.54, 1.807) is 22.8 Å². The van der Waals surface area contributed by atoms with Gasteiger partial charge in [-0.1, -0.05) is 0 Å². The molecular formula is C9H15N3O2. The number of aliphatic carboxylic acids is 1. The molecule has 0 atom stereocenters. The molecule has 1 rings (SSSR count). The maximum atomic E-state index is 10.4. The summed E-state index contributed by atoms with van der Waals surface area (Å²) in [6.45, 7) is 0.818. The first-order valence-electron chi connectivity index (χ1n) is 4.46. The quantitative estimate of drug-likeness (QED) is 0.720. The Labute approximate surface area is 82.9 Å². The largest absolute Gasteiger partial charge is 0.480 e. The third-order valence-corrected chi connectivity index (χ3v) is 1.95. The van der Waals surface area contributed by atoms with Crippen LogP contribution in [0, 0.1) is 0 Å². The van der Waals surface area contributed by atoms with Crippen molar-refractivity contribution in [2.45, 2.75) is 6.42 Å². The Hall–Kier alpha value is -1.36. The number of aromatic nitrogens is 2. The van der Waals surface area contributed by atoms with Crippen LogP contribution in [0.3, 0.4) is 0 Å². The Morgan fingerprint density at radius 1 is 1.71 bits per heavy atom. The van der Waals surface area contributed by atoms with Crippen LogP contribution in [0.1, 0.15) is 5.56 Å². The van der Waals surface area contributed by atoms with E-state index in [-0.39, 0.29) is 6.54 Å². The van der Waals surface area contributed by atoms with E-state index >= 15 is 0 Å². The predicted octanol–water partition coefficient (Wildman–Crippen LogP) is -0.0210. The number of hydrogen-bond acceptors (Lipinski definition) is 3. The summed E-state index contributed by atoms with van der Waals surface area (Å²) in [6.07, 6.45) is 4.57. The van der Waals surface area contributed by atoms with Gasteiger partial charge in [-0.2, -0.15) is 5.10 Å². The molecule has 0 aliphatic heterocycles. The molecule has 0 saturated heterocycles. The minimum atomic E-state index is -0.793. The minimum Gasteiger partial charge on any atom is -0.480 e. The highest BCUT2D eigenvalue weighted by atomic mass is 16.4. The number of carbonyl (C=O) groups is 1. The molecule has 0 aromatic carbocycles. The maximum Gasteiger partial charge on any atom is 0.317 e. The van der Waals surface area contributed by atoms with Crippen LogP contribution in [0.4, 0.5) is 0 Å². The molecule has 14 heavy (non-hydrogen) atoms. The second-order valence-electron chi connectivity index (χ2n) is 3.40. The van der Waals surface area contributed by atoms with Gasteiger partial charge in [0.05, 0.1) is 12.7 Å². The Balaban J connectivity index is 2.30. The van der Waals surface area contributed by atoms with Crippen LogP contribution < -0.4 is 0 Å². The predicted molar refractivity (Wildman–Crippen MR) is 52.0 cm³/mol. The van der Waals surface area contributed by atoms with Crippen LogP contribution >= 0.6 is 0 Å². The third-order valence-electron chi connectivity index (χ3n) is 1.95. The van der Waals surface area contributed by atoms with Crippen molar-refractivity contribution in [1.82, 2.24) is 14.7 Å². The summed E-state index contributed by atoms with van der Waals surface area (Å²) in [5.74, 6) is -0.793. The van der Waals surface area contributed by atoms with Crippen LogP contribution in [-0.2, 0) is 18.3 Å². The van der Waals surface area contributed by atoms with Crippen molar-refractivity contribution in [3.63, 3.8) is 0 Å². The summed E-state index contributed by atoms with van der Waals surface area (Å²) < 4.78 is 1.74. The lowest BCUT2D eigenvalue weighted by atomic mass is 10.2. The van der Waals surface area contributed by atoms with Crippen LogP contribution in [0.5, 0.6) is 0 Å². The smallest absolute Gasteiger partial charge is 0.317 e. The van der Waals surface area contributed by atoms with E-state index in [9.17, 15) is 4.79 Å². The number of carboxylic acids is 1. The Morgan fingerprint density at radius 2 is 2.43 bits per heavy atom. The van der Waals surface area contributed by atoms with Gasteiger partial charge in [-0.15, -0.1) is 0 Å². The molecule has 1 heterocycles. The first-order valence-corrected chi connectivity index (χ1v) is 4.46. The molecule has 0 unspecified atom stereocenters. The fraction of sp³-hybridized carbons (Fsp3) is 0.556. The van der Waals surface area contributed by atoms with Crippen LogP contribution in [0.2, 0.25) is 0 Å². The molecule has 0 saturated carbocycles. The van der Waals surface area contributed by atoms with Crippen molar-refractivity contribution >= 4 is 5.97 Å². The number of likely N-dealkylation sites (N-methyl/N-ethyl adjacent to an activating group) is 1. The van der Waals surface area contributed by atoms with Gasteiger partial charge < -0.3 is 5.11 Å². The average molecular weight is 197 g/mol. The van der Waals surface area contributed by atoms with Crippen LogP contribution in [0.25, 0.3) is 0 Å². The van der Waals surface area contributed by atoms with E-state index in [1.165, 1.54) is 0 Å². The first-order chi connectivity index (χ1) is 6.58. The van der Waals surface area contributed by atoms with Crippen molar-refractivity contribution < 1.29 is 9.90 Å². The number of nitrogens with zero attached hydrogens (tertiary/aromatic N) is 3. The SMILES string of the molecule is CN(CCc1cnn(C)c1)CC(=O)O. The standard InChI is InChI=1S/C9H15N3O2/c1-11(7-9(13)14)4-3-8-5-10-12(2)6-8/h5-6H,3-4,7H2,1-2H3,(H,13,14). The van der Waals surface area contributed by atoms with E-state index in [4.69, 9.17) is 5.11 Å². The molecule has 0 amide bonds.